The average Bonchev–Trinajstić information content (AvgIpc) is 2.65. The fourth-order valence-electron chi connectivity index (χ4n) is 1.29. The molecule has 1 heterocycles. The quantitative estimate of drug-likeness (QED) is 0.737. The van der Waals surface area contributed by atoms with Gasteiger partial charge >= 0.3 is 0 Å². The summed E-state index contributed by atoms with van der Waals surface area (Å²) in [4.78, 5) is 3.96. The summed E-state index contributed by atoms with van der Waals surface area (Å²) >= 11 is 5.93. The first-order valence-electron chi connectivity index (χ1n) is 4.50. The molecule has 0 N–H and O–H groups in total. The topological polar surface area (TPSA) is 17.8 Å². The minimum Gasteiger partial charge on any atom is -0.290 e. The second-order valence-corrected chi connectivity index (χ2v) is 3.40. The summed E-state index contributed by atoms with van der Waals surface area (Å²) in [7, 11) is 0. The van der Waals surface area contributed by atoms with Crippen molar-refractivity contribution in [2.75, 3.05) is 0 Å². The van der Waals surface area contributed by atoms with Crippen molar-refractivity contribution < 1.29 is 0 Å². The molecule has 0 bridgehead atoms. The van der Waals surface area contributed by atoms with Crippen LogP contribution < -0.4 is 0 Å². The van der Waals surface area contributed by atoms with Crippen LogP contribution in [-0.2, 0) is 6.42 Å². The summed E-state index contributed by atoms with van der Waals surface area (Å²) in [6.45, 7) is 2.11. The smallest absolute Gasteiger partial charge is 0.133 e. The standard InChI is InChI=1S/C11H10ClN2/c1-2-9-3-5-10(6-4-9)14-8-13-7-11(14)12/h3,5-8H,2H2,1H3. The first kappa shape index (κ1) is 9.28. The van der Waals surface area contributed by atoms with Gasteiger partial charge in [-0.3, -0.25) is 4.57 Å². The summed E-state index contributed by atoms with van der Waals surface area (Å²) in [5.74, 6) is 0. The van der Waals surface area contributed by atoms with E-state index in [1.165, 1.54) is 5.56 Å². The number of hydrogen-bond donors (Lipinski definition) is 0. The maximum atomic E-state index is 5.93. The molecule has 0 atom stereocenters. The molecule has 71 valence electrons. The Morgan fingerprint density at radius 2 is 2.36 bits per heavy atom. The van der Waals surface area contributed by atoms with Crippen molar-refractivity contribution >= 4 is 11.6 Å². The number of aromatic nitrogens is 2. The van der Waals surface area contributed by atoms with E-state index in [9.17, 15) is 0 Å². The lowest BCUT2D eigenvalue weighted by atomic mass is 10.1. The van der Waals surface area contributed by atoms with Crippen LogP contribution in [0.15, 0.2) is 30.7 Å². The zero-order chi connectivity index (χ0) is 9.97. The number of imidazole rings is 1. The fourth-order valence-corrected chi connectivity index (χ4v) is 1.49. The van der Waals surface area contributed by atoms with E-state index >= 15 is 0 Å². The Kier molecular flexibility index (Phi) is 2.55. The second kappa shape index (κ2) is 3.84. The van der Waals surface area contributed by atoms with Crippen molar-refractivity contribution in [1.82, 2.24) is 9.55 Å². The molecule has 0 unspecified atom stereocenters. The Bertz CT molecular complexity index is 417. The summed E-state index contributed by atoms with van der Waals surface area (Å²) < 4.78 is 1.82. The van der Waals surface area contributed by atoms with E-state index in [0.717, 1.165) is 12.1 Å². The minimum absolute atomic E-state index is 0.614. The van der Waals surface area contributed by atoms with Gasteiger partial charge in [-0.15, -0.1) is 0 Å². The lowest BCUT2D eigenvalue weighted by molar-refractivity contribution is 1.05. The highest BCUT2D eigenvalue weighted by Gasteiger charge is 2.00. The third kappa shape index (κ3) is 1.66. The van der Waals surface area contributed by atoms with Crippen LogP contribution in [0, 0.1) is 6.07 Å². The molecule has 0 aliphatic carbocycles. The third-order valence-corrected chi connectivity index (χ3v) is 2.39. The van der Waals surface area contributed by atoms with Gasteiger partial charge in [-0.25, -0.2) is 4.98 Å². The van der Waals surface area contributed by atoms with E-state index in [-0.39, 0.29) is 0 Å². The Balaban J connectivity index is 2.39. The molecule has 1 aromatic heterocycles. The van der Waals surface area contributed by atoms with Gasteiger partial charge in [0.25, 0.3) is 0 Å². The summed E-state index contributed by atoms with van der Waals surface area (Å²) in [6, 6.07) is 9.18. The molecule has 2 rings (SSSR count). The van der Waals surface area contributed by atoms with Crippen LogP contribution in [0.25, 0.3) is 5.69 Å². The van der Waals surface area contributed by atoms with Crippen molar-refractivity contribution in [3.63, 3.8) is 0 Å². The van der Waals surface area contributed by atoms with Gasteiger partial charge in [-0.1, -0.05) is 24.6 Å². The SMILES string of the molecule is CCc1[c]cc(-n2cncc2Cl)cc1. The molecule has 2 nitrogen and oxygen atoms in total. The van der Waals surface area contributed by atoms with Crippen LogP contribution in [0.3, 0.4) is 0 Å². The van der Waals surface area contributed by atoms with Crippen molar-refractivity contribution in [2.24, 2.45) is 0 Å². The molecule has 0 aliphatic rings. The number of hydrogen-bond acceptors (Lipinski definition) is 1. The molecular weight excluding hydrogens is 196 g/mol. The maximum Gasteiger partial charge on any atom is 0.133 e. The molecule has 2 aromatic rings. The van der Waals surface area contributed by atoms with Gasteiger partial charge in [-0.2, -0.15) is 0 Å². The molecule has 14 heavy (non-hydrogen) atoms. The predicted octanol–water partition coefficient (Wildman–Crippen LogP) is 2.89. The Morgan fingerprint density at radius 1 is 1.50 bits per heavy atom. The normalized spacial score (nSPS) is 10.4. The van der Waals surface area contributed by atoms with Crippen molar-refractivity contribution in [2.45, 2.75) is 13.3 Å². The van der Waals surface area contributed by atoms with E-state index in [2.05, 4.69) is 18.0 Å². The molecule has 1 aromatic carbocycles. The number of halogens is 1. The van der Waals surface area contributed by atoms with Gasteiger partial charge in [0.15, 0.2) is 0 Å². The highest BCUT2D eigenvalue weighted by atomic mass is 35.5. The molecular formula is C11H10ClN2. The molecule has 0 amide bonds. The van der Waals surface area contributed by atoms with E-state index in [0.29, 0.717) is 5.15 Å². The Hall–Kier alpha value is -1.28. The monoisotopic (exact) mass is 205 g/mol. The lowest BCUT2D eigenvalue weighted by Gasteiger charge is -2.03. The summed E-state index contributed by atoms with van der Waals surface area (Å²) in [5, 5.41) is 0.614. The summed E-state index contributed by atoms with van der Waals surface area (Å²) in [5.41, 5.74) is 2.19. The molecule has 3 heteroatoms. The highest BCUT2D eigenvalue weighted by Crippen LogP contribution is 2.15. The van der Waals surface area contributed by atoms with E-state index in [1.54, 1.807) is 12.5 Å². The molecule has 0 spiro atoms. The second-order valence-electron chi connectivity index (χ2n) is 3.01. The van der Waals surface area contributed by atoms with E-state index in [1.807, 2.05) is 22.8 Å². The van der Waals surface area contributed by atoms with Crippen molar-refractivity contribution in [1.29, 1.82) is 0 Å². The van der Waals surface area contributed by atoms with Gasteiger partial charge in [-0.05, 0) is 30.2 Å². The van der Waals surface area contributed by atoms with Gasteiger partial charge < -0.3 is 0 Å². The van der Waals surface area contributed by atoms with Crippen molar-refractivity contribution in [3.05, 3.63) is 47.5 Å². The molecule has 0 aliphatic heterocycles. The average molecular weight is 206 g/mol. The number of benzene rings is 1. The molecule has 0 saturated heterocycles. The zero-order valence-electron chi connectivity index (χ0n) is 7.87. The first-order valence-corrected chi connectivity index (χ1v) is 4.88. The number of nitrogens with zero attached hydrogens (tertiary/aromatic N) is 2. The predicted molar refractivity (Wildman–Crippen MR) is 56.8 cm³/mol. The largest absolute Gasteiger partial charge is 0.290 e. The summed E-state index contributed by atoms with van der Waals surface area (Å²) in [6.07, 6.45) is 4.31. The van der Waals surface area contributed by atoms with E-state index < -0.39 is 0 Å². The Labute approximate surface area is 88.2 Å². The lowest BCUT2D eigenvalue weighted by Crippen LogP contribution is -1.92. The van der Waals surface area contributed by atoms with Crippen molar-refractivity contribution in [3.8, 4) is 5.69 Å². The van der Waals surface area contributed by atoms with Gasteiger partial charge in [0.05, 0.1) is 6.20 Å². The maximum absolute atomic E-state index is 5.93. The van der Waals surface area contributed by atoms with Crippen LogP contribution in [0.4, 0.5) is 0 Å². The van der Waals surface area contributed by atoms with Gasteiger partial charge in [0.2, 0.25) is 0 Å². The minimum atomic E-state index is 0.614. The number of aryl methyl sites for hydroxylation is 1. The third-order valence-electron chi connectivity index (χ3n) is 2.11. The van der Waals surface area contributed by atoms with Crippen LogP contribution in [0.5, 0.6) is 0 Å². The van der Waals surface area contributed by atoms with Crippen LogP contribution >= 0.6 is 11.6 Å². The van der Waals surface area contributed by atoms with Crippen LogP contribution in [-0.4, -0.2) is 9.55 Å². The molecule has 0 saturated carbocycles. The Morgan fingerprint density at radius 3 is 2.86 bits per heavy atom. The molecule has 0 fully saturated rings. The fraction of sp³-hybridized carbons (Fsp3) is 0.182. The van der Waals surface area contributed by atoms with Crippen LogP contribution in [0.1, 0.15) is 12.5 Å². The highest BCUT2D eigenvalue weighted by molar-refractivity contribution is 6.29. The molecule has 1 radical (unpaired) electrons. The van der Waals surface area contributed by atoms with E-state index in [4.69, 9.17) is 11.6 Å². The van der Waals surface area contributed by atoms with Gasteiger partial charge in [0, 0.05) is 5.69 Å². The first-order chi connectivity index (χ1) is 6.81. The number of rotatable bonds is 2. The zero-order valence-corrected chi connectivity index (χ0v) is 8.62. The van der Waals surface area contributed by atoms with Crippen LogP contribution in [0.2, 0.25) is 5.15 Å². The van der Waals surface area contributed by atoms with Gasteiger partial charge in [0.1, 0.15) is 11.5 Å².